The normalized spacial score (nSPS) is 15.3. The van der Waals surface area contributed by atoms with Gasteiger partial charge in [-0.05, 0) is 56.2 Å². The number of carbonyl (C=O) groups is 2. The Labute approximate surface area is 180 Å². The third-order valence-electron chi connectivity index (χ3n) is 4.99. The first-order valence-corrected chi connectivity index (χ1v) is 11.2. The van der Waals surface area contributed by atoms with Gasteiger partial charge < -0.3 is 4.74 Å². The molecule has 0 radical (unpaired) electrons. The van der Waals surface area contributed by atoms with Crippen LogP contribution in [-0.2, 0) is 19.6 Å². The fraction of sp³-hybridized carbons (Fsp3) is 0.333. The lowest BCUT2D eigenvalue weighted by Gasteiger charge is -2.30. The molecule has 0 atom stereocenters. The average Bonchev–Trinajstić information content (AvgIpc) is 2.77. The molecule has 0 bridgehead atoms. The third kappa shape index (κ3) is 6.02. The average molecular weight is 450 g/mol. The summed E-state index contributed by atoms with van der Waals surface area (Å²) in [5, 5.41) is 0. The first kappa shape index (κ1) is 22.7. The topological polar surface area (TPSA) is 105 Å². The van der Waals surface area contributed by atoms with Crippen molar-refractivity contribution in [3.63, 3.8) is 0 Å². The van der Waals surface area contributed by atoms with Crippen LogP contribution in [0.1, 0.15) is 18.4 Å². The summed E-state index contributed by atoms with van der Waals surface area (Å²) in [6, 6.07) is 11.8. The van der Waals surface area contributed by atoms with Crippen LogP contribution in [0.15, 0.2) is 53.4 Å². The fourth-order valence-electron chi connectivity index (χ4n) is 3.17. The van der Waals surface area contributed by atoms with E-state index in [-0.39, 0.29) is 30.5 Å². The predicted octanol–water partition coefficient (Wildman–Crippen LogP) is 1.76. The molecule has 31 heavy (non-hydrogen) atoms. The highest BCUT2D eigenvalue weighted by molar-refractivity contribution is 7.89. The van der Waals surface area contributed by atoms with Crippen LogP contribution in [0, 0.1) is 18.7 Å². The van der Waals surface area contributed by atoms with Crippen molar-refractivity contribution in [1.29, 1.82) is 0 Å². The number of rotatable bonds is 6. The van der Waals surface area contributed by atoms with Crippen molar-refractivity contribution in [2.75, 3.05) is 19.7 Å². The van der Waals surface area contributed by atoms with E-state index in [1.54, 1.807) is 24.3 Å². The molecular formula is C21H24FN3O5S. The molecule has 3 rings (SSSR count). The number of hydrogen-bond donors (Lipinski definition) is 2. The fourth-order valence-corrected chi connectivity index (χ4v) is 4.64. The number of hydrazine groups is 1. The Bertz CT molecular complexity index is 1020. The lowest BCUT2D eigenvalue weighted by atomic mass is 9.98. The van der Waals surface area contributed by atoms with Gasteiger partial charge >= 0.3 is 0 Å². The molecule has 1 heterocycles. The second-order valence-electron chi connectivity index (χ2n) is 7.27. The van der Waals surface area contributed by atoms with E-state index in [9.17, 15) is 22.4 Å². The van der Waals surface area contributed by atoms with Crippen molar-refractivity contribution < 1.29 is 27.1 Å². The van der Waals surface area contributed by atoms with Gasteiger partial charge in [0.1, 0.15) is 11.6 Å². The molecule has 2 N–H and O–H groups in total. The summed E-state index contributed by atoms with van der Waals surface area (Å²) < 4.78 is 44.9. The Morgan fingerprint density at radius 3 is 2.26 bits per heavy atom. The molecular weight excluding hydrogens is 425 g/mol. The molecule has 0 aromatic heterocycles. The molecule has 166 valence electrons. The lowest BCUT2D eigenvalue weighted by molar-refractivity contribution is -0.132. The SMILES string of the molecule is Cc1ccc(S(=O)(=O)N2CCC(C(=O)NNC(=O)COc3ccc(F)cc3)CC2)cc1. The lowest BCUT2D eigenvalue weighted by Crippen LogP contribution is -2.49. The van der Waals surface area contributed by atoms with E-state index in [1.165, 1.54) is 28.6 Å². The molecule has 0 spiro atoms. The highest BCUT2D eigenvalue weighted by Gasteiger charge is 2.32. The number of carbonyl (C=O) groups excluding carboxylic acids is 2. The summed E-state index contributed by atoms with van der Waals surface area (Å²) in [4.78, 5) is 24.4. The van der Waals surface area contributed by atoms with Crippen LogP contribution >= 0.6 is 0 Å². The van der Waals surface area contributed by atoms with Gasteiger partial charge in [0, 0.05) is 19.0 Å². The van der Waals surface area contributed by atoms with Crippen molar-refractivity contribution in [2.45, 2.75) is 24.7 Å². The van der Waals surface area contributed by atoms with E-state index in [2.05, 4.69) is 10.9 Å². The van der Waals surface area contributed by atoms with E-state index in [0.29, 0.717) is 18.6 Å². The van der Waals surface area contributed by atoms with E-state index in [1.807, 2.05) is 6.92 Å². The van der Waals surface area contributed by atoms with Crippen LogP contribution in [0.2, 0.25) is 0 Å². The number of nitrogens with one attached hydrogen (secondary N) is 2. The Morgan fingerprint density at radius 2 is 1.65 bits per heavy atom. The van der Waals surface area contributed by atoms with Crippen LogP contribution in [0.25, 0.3) is 0 Å². The second kappa shape index (κ2) is 9.88. The molecule has 2 amide bonds. The quantitative estimate of drug-likeness (QED) is 0.654. The van der Waals surface area contributed by atoms with Gasteiger partial charge in [-0.15, -0.1) is 0 Å². The summed E-state index contributed by atoms with van der Waals surface area (Å²) in [5.41, 5.74) is 5.58. The zero-order valence-corrected chi connectivity index (χ0v) is 17.8. The number of ether oxygens (including phenoxy) is 1. The molecule has 0 saturated carbocycles. The van der Waals surface area contributed by atoms with Crippen LogP contribution in [0.5, 0.6) is 5.75 Å². The van der Waals surface area contributed by atoms with Gasteiger partial charge in [0.05, 0.1) is 4.90 Å². The van der Waals surface area contributed by atoms with E-state index in [4.69, 9.17) is 4.74 Å². The van der Waals surface area contributed by atoms with Gasteiger partial charge in [-0.3, -0.25) is 20.4 Å². The van der Waals surface area contributed by atoms with Crippen LogP contribution in [0.3, 0.4) is 0 Å². The van der Waals surface area contributed by atoms with Gasteiger partial charge in [-0.25, -0.2) is 12.8 Å². The minimum atomic E-state index is -3.60. The summed E-state index contributed by atoms with van der Waals surface area (Å²) in [6.07, 6.45) is 0.692. The first-order valence-electron chi connectivity index (χ1n) is 9.79. The van der Waals surface area contributed by atoms with Crippen molar-refractivity contribution in [3.8, 4) is 5.75 Å². The zero-order valence-electron chi connectivity index (χ0n) is 17.0. The number of hydrogen-bond acceptors (Lipinski definition) is 5. The Hall–Kier alpha value is -2.98. The highest BCUT2D eigenvalue weighted by Crippen LogP contribution is 2.24. The van der Waals surface area contributed by atoms with Crippen molar-refractivity contribution in [1.82, 2.24) is 15.2 Å². The van der Waals surface area contributed by atoms with E-state index in [0.717, 1.165) is 5.56 Å². The first-order chi connectivity index (χ1) is 14.8. The molecule has 2 aromatic rings. The Balaban J connectivity index is 1.43. The van der Waals surface area contributed by atoms with Gasteiger partial charge in [0.2, 0.25) is 15.9 Å². The number of nitrogens with zero attached hydrogens (tertiary/aromatic N) is 1. The smallest absolute Gasteiger partial charge is 0.276 e. The van der Waals surface area contributed by atoms with Gasteiger partial charge in [-0.2, -0.15) is 4.31 Å². The number of benzene rings is 2. The van der Waals surface area contributed by atoms with Gasteiger partial charge in [-0.1, -0.05) is 17.7 Å². The number of halogens is 1. The van der Waals surface area contributed by atoms with Crippen molar-refractivity contribution in [3.05, 3.63) is 59.9 Å². The maximum absolute atomic E-state index is 12.8. The third-order valence-corrected chi connectivity index (χ3v) is 6.91. The number of aryl methyl sites for hydroxylation is 1. The van der Waals surface area contributed by atoms with E-state index >= 15 is 0 Å². The van der Waals surface area contributed by atoms with Gasteiger partial charge in [0.25, 0.3) is 5.91 Å². The molecule has 0 unspecified atom stereocenters. The molecule has 1 aliphatic heterocycles. The second-order valence-corrected chi connectivity index (χ2v) is 9.21. The molecule has 1 aliphatic rings. The Morgan fingerprint density at radius 1 is 1.03 bits per heavy atom. The van der Waals surface area contributed by atoms with E-state index < -0.39 is 27.7 Å². The Kier molecular flexibility index (Phi) is 7.24. The summed E-state index contributed by atoms with van der Waals surface area (Å²) in [5.74, 6) is -1.46. The molecule has 1 fully saturated rings. The van der Waals surface area contributed by atoms with Crippen LogP contribution in [-0.4, -0.2) is 44.2 Å². The molecule has 2 aromatic carbocycles. The van der Waals surface area contributed by atoms with Gasteiger partial charge in [0.15, 0.2) is 6.61 Å². The standard InChI is InChI=1S/C21H24FN3O5S/c1-15-2-8-19(9-3-15)31(28,29)25-12-10-16(11-13-25)21(27)24-23-20(26)14-30-18-6-4-17(22)5-7-18/h2-9,16H,10-14H2,1H3,(H,23,26)(H,24,27). The number of amides is 2. The summed E-state index contributed by atoms with van der Waals surface area (Å²) in [6.45, 7) is 1.97. The largest absolute Gasteiger partial charge is 0.484 e. The molecule has 10 heteroatoms. The molecule has 0 aliphatic carbocycles. The minimum Gasteiger partial charge on any atom is -0.484 e. The monoisotopic (exact) mass is 449 g/mol. The summed E-state index contributed by atoms with van der Waals surface area (Å²) >= 11 is 0. The van der Waals surface area contributed by atoms with Crippen LogP contribution in [0.4, 0.5) is 4.39 Å². The van der Waals surface area contributed by atoms with Crippen molar-refractivity contribution >= 4 is 21.8 Å². The number of piperidine rings is 1. The van der Waals surface area contributed by atoms with Crippen molar-refractivity contribution in [2.24, 2.45) is 5.92 Å². The maximum atomic E-state index is 12.8. The highest BCUT2D eigenvalue weighted by atomic mass is 32.2. The summed E-state index contributed by atoms with van der Waals surface area (Å²) in [7, 11) is -3.60. The predicted molar refractivity (Wildman–Crippen MR) is 111 cm³/mol. The molecule has 8 nitrogen and oxygen atoms in total. The molecule has 1 saturated heterocycles. The maximum Gasteiger partial charge on any atom is 0.276 e. The zero-order chi connectivity index (χ0) is 22.4. The minimum absolute atomic E-state index is 0.218. The number of sulfonamides is 1. The van der Waals surface area contributed by atoms with Crippen LogP contribution < -0.4 is 15.6 Å².